The Labute approximate surface area is 161 Å². The lowest BCUT2D eigenvalue weighted by molar-refractivity contribution is -0.127. The van der Waals surface area contributed by atoms with Gasteiger partial charge < -0.3 is 9.64 Å². The third-order valence-electron chi connectivity index (χ3n) is 5.30. The van der Waals surface area contributed by atoms with Crippen molar-refractivity contribution >= 4 is 12.0 Å². The Morgan fingerprint density at radius 2 is 1.96 bits per heavy atom. The molecule has 0 atom stereocenters. The van der Waals surface area contributed by atoms with E-state index in [1.54, 1.807) is 6.08 Å². The molecule has 1 fully saturated rings. The van der Waals surface area contributed by atoms with Crippen LogP contribution in [0.15, 0.2) is 48.5 Å². The summed E-state index contributed by atoms with van der Waals surface area (Å²) in [4.78, 5) is 16.8. The lowest BCUT2D eigenvalue weighted by Gasteiger charge is -2.34. The van der Waals surface area contributed by atoms with E-state index in [0.717, 1.165) is 57.1 Å². The number of hydrogen-bond donors (Lipinski definition) is 0. The summed E-state index contributed by atoms with van der Waals surface area (Å²) >= 11 is 0. The van der Waals surface area contributed by atoms with Gasteiger partial charge in [-0.15, -0.1) is 0 Å². The average Bonchev–Trinajstić information content (AvgIpc) is 3.15. The second-order valence-electron chi connectivity index (χ2n) is 7.39. The van der Waals surface area contributed by atoms with E-state index in [1.807, 2.05) is 23.1 Å². The average molecular weight is 362 g/mol. The Morgan fingerprint density at radius 3 is 2.78 bits per heavy atom. The van der Waals surface area contributed by atoms with Crippen molar-refractivity contribution in [1.29, 1.82) is 0 Å². The molecule has 2 aromatic carbocycles. The summed E-state index contributed by atoms with van der Waals surface area (Å²) in [7, 11) is 0. The maximum atomic E-state index is 12.5. The molecule has 140 valence electrons. The van der Waals surface area contributed by atoms with Gasteiger partial charge in [0.15, 0.2) is 0 Å². The molecule has 0 spiro atoms. The minimum Gasteiger partial charge on any atom is -0.493 e. The predicted molar refractivity (Wildman–Crippen MR) is 108 cm³/mol. The molecule has 1 amide bonds. The van der Waals surface area contributed by atoms with E-state index >= 15 is 0 Å². The van der Waals surface area contributed by atoms with Crippen LogP contribution in [0.4, 0.5) is 0 Å². The molecular formula is C23H26N2O2. The van der Waals surface area contributed by atoms with E-state index in [2.05, 4.69) is 42.2 Å². The van der Waals surface area contributed by atoms with Crippen LogP contribution in [0, 0.1) is 6.92 Å². The minimum atomic E-state index is 0.103. The van der Waals surface area contributed by atoms with Crippen molar-refractivity contribution in [3.8, 4) is 5.75 Å². The third-order valence-corrected chi connectivity index (χ3v) is 5.30. The van der Waals surface area contributed by atoms with Crippen LogP contribution in [0.3, 0.4) is 0 Å². The SMILES string of the molecule is Cc1cccc(/C=C/C(=O)N2CCN(Cc3ccc4c(c3)CCO4)CC2)c1. The molecule has 4 nitrogen and oxygen atoms in total. The molecule has 2 aliphatic rings. The molecule has 1 saturated heterocycles. The van der Waals surface area contributed by atoms with Crippen molar-refractivity contribution < 1.29 is 9.53 Å². The number of amides is 1. The van der Waals surface area contributed by atoms with Crippen molar-refractivity contribution in [2.75, 3.05) is 32.8 Å². The van der Waals surface area contributed by atoms with E-state index in [0.29, 0.717) is 0 Å². The van der Waals surface area contributed by atoms with E-state index in [9.17, 15) is 4.79 Å². The van der Waals surface area contributed by atoms with Crippen molar-refractivity contribution in [3.05, 3.63) is 70.8 Å². The van der Waals surface area contributed by atoms with Crippen LogP contribution in [0.25, 0.3) is 6.08 Å². The zero-order valence-corrected chi connectivity index (χ0v) is 15.9. The van der Waals surface area contributed by atoms with E-state index in [-0.39, 0.29) is 5.91 Å². The molecule has 0 N–H and O–H groups in total. The first-order valence-corrected chi connectivity index (χ1v) is 9.68. The highest BCUT2D eigenvalue weighted by atomic mass is 16.5. The van der Waals surface area contributed by atoms with E-state index in [1.165, 1.54) is 16.7 Å². The van der Waals surface area contributed by atoms with Gasteiger partial charge >= 0.3 is 0 Å². The Morgan fingerprint density at radius 1 is 1.11 bits per heavy atom. The number of carbonyl (C=O) groups excluding carboxylic acids is 1. The molecule has 0 radical (unpaired) electrons. The second-order valence-corrected chi connectivity index (χ2v) is 7.39. The number of carbonyl (C=O) groups is 1. The Balaban J connectivity index is 1.29. The van der Waals surface area contributed by atoms with Crippen molar-refractivity contribution in [3.63, 3.8) is 0 Å². The predicted octanol–water partition coefficient (Wildman–Crippen LogP) is 3.29. The molecule has 0 bridgehead atoms. The number of nitrogens with zero attached hydrogens (tertiary/aromatic N) is 2. The lowest BCUT2D eigenvalue weighted by atomic mass is 10.1. The molecule has 0 saturated carbocycles. The van der Waals surface area contributed by atoms with E-state index < -0.39 is 0 Å². The van der Waals surface area contributed by atoms with Crippen molar-refractivity contribution in [1.82, 2.24) is 9.80 Å². The summed E-state index contributed by atoms with van der Waals surface area (Å²) in [5, 5.41) is 0. The number of piperazine rings is 1. The quantitative estimate of drug-likeness (QED) is 0.783. The molecular weight excluding hydrogens is 336 g/mol. The zero-order valence-electron chi connectivity index (χ0n) is 15.9. The standard InChI is InChI=1S/C23H26N2O2/c1-18-3-2-4-19(15-18)6-8-23(26)25-12-10-24(11-13-25)17-20-5-7-22-21(16-20)9-14-27-22/h2-8,15-16H,9-14,17H2,1H3/b8-6+. The van der Waals surface area contributed by atoms with Crippen LogP contribution in [-0.4, -0.2) is 48.5 Å². The summed E-state index contributed by atoms with van der Waals surface area (Å²) in [6.07, 6.45) is 4.62. The number of hydrogen-bond acceptors (Lipinski definition) is 3. The summed E-state index contributed by atoms with van der Waals surface area (Å²) in [5.74, 6) is 1.14. The van der Waals surface area contributed by atoms with Crippen LogP contribution in [0.2, 0.25) is 0 Å². The van der Waals surface area contributed by atoms with Gasteiger partial charge in [-0.25, -0.2) is 0 Å². The van der Waals surface area contributed by atoms with Crippen LogP contribution < -0.4 is 4.74 Å². The summed E-state index contributed by atoms with van der Waals surface area (Å²) in [6, 6.07) is 14.7. The van der Waals surface area contributed by atoms with Gasteiger partial charge in [0.1, 0.15) is 5.75 Å². The number of fused-ring (bicyclic) bond motifs is 1. The Kier molecular flexibility index (Phi) is 5.26. The smallest absolute Gasteiger partial charge is 0.246 e. The molecule has 4 rings (SSSR count). The Bertz CT molecular complexity index is 851. The van der Waals surface area contributed by atoms with Gasteiger partial charge in [0.05, 0.1) is 6.61 Å². The maximum absolute atomic E-state index is 12.5. The van der Waals surface area contributed by atoms with Crippen molar-refractivity contribution in [2.45, 2.75) is 19.9 Å². The lowest BCUT2D eigenvalue weighted by Crippen LogP contribution is -2.47. The van der Waals surface area contributed by atoms with Crippen molar-refractivity contribution in [2.24, 2.45) is 0 Å². The first-order chi connectivity index (χ1) is 13.2. The number of benzene rings is 2. The minimum absolute atomic E-state index is 0.103. The van der Waals surface area contributed by atoms with Gasteiger partial charge in [0, 0.05) is 45.2 Å². The van der Waals surface area contributed by atoms with Crippen LogP contribution in [0.5, 0.6) is 5.75 Å². The highest BCUT2D eigenvalue weighted by molar-refractivity contribution is 5.91. The molecule has 2 aromatic rings. The van der Waals surface area contributed by atoms with Crippen LogP contribution in [0.1, 0.15) is 22.3 Å². The molecule has 4 heteroatoms. The molecule has 27 heavy (non-hydrogen) atoms. The van der Waals surface area contributed by atoms with Gasteiger partial charge in [0.2, 0.25) is 5.91 Å². The highest BCUT2D eigenvalue weighted by Gasteiger charge is 2.20. The van der Waals surface area contributed by atoms with E-state index in [4.69, 9.17) is 4.74 Å². The number of rotatable bonds is 4. The number of ether oxygens (including phenoxy) is 1. The first kappa shape index (κ1) is 17.8. The van der Waals surface area contributed by atoms with Gasteiger partial charge in [-0.05, 0) is 35.8 Å². The van der Waals surface area contributed by atoms with Gasteiger partial charge in [-0.2, -0.15) is 0 Å². The molecule has 0 aliphatic carbocycles. The van der Waals surface area contributed by atoms with Crippen LogP contribution in [-0.2, 0) is 17.8 Å². The second kappa shape index (κ2) is 7.97. The maximum Gasteiger partial charge on any atom is 0.246 e. The fourth-order valence-corrected chi connectivity index (χ4v) is 3.77. The van der Waals surface area contributed by atoms with Crippen LogP contribution >= 0.6 is 0 Å². The molecule has 0 aromatic heterocycles. The van der Waals surface area contributed by atoms with Gasteiger partial charge in [-0.3, -0.25) is 9.69 Å². The topological polar surface area (TPSA) is 32.8 Å². The summed E-state index contributed by atoms with van der Waals surface area (Å²) < 4.78 is 5.58. The summed E-state index contributed by atoms with van der Waals surface area (Å²) in [6.45, 7) is 7.20. The Hall–Kier alpha value is -2.59. The molecule has 0 unspecified atom stereocenters. The molecule has 2 heterocycles. The van der Waals surface area contributed by atoms with Gasteiger partial charge in [0.25, 0.3) is 0 Å². The molecule has 2 aliphatic heterocycles. The third kappa shape index (κ3) is 4.40. The van der Waals surface area contributed by atoms with Gasteiger partial charge in [-0.1, -0.05) is 42.0 Å². The number of aryl methyl sites for hydroxylation is 1. The normalized spacial score (nSPS) is 17.1. The zero-order chi connectivity index (χ0) is 18.6. The fraction of sp³-hybridized carbons (Fsp3) is 0.348. The summed E-state index contributed by atoms with van der Waals surface area (Å²) in [5.41, 5.74) is 4.93. The monoisotopic (exact) mass is 362 g/mol. The largest absolute Gasteiger partial charge is 0.493 e. The first-order valence-electron chi connectivity index (χ1n) is 9.68. The fourth-order valence-electron chi connectivity index (χ4n) is 3.77. The highest BCUT2D eigenvalue weighted by Crippen LogP contribution is 2.26.